The van der Waals surface area contributed by atoms with Crippen molar-refractivity contribution in [1.29, 1.82) is 0 Å². The number of phenols is 1. The zero-order chi connectivity index (χ0) is 18.6. The molecule has 2 rings (SSSR count). The number of phenolic OH excluding ortho intramolecular Hbond substituents is 1. The van der Waals surface area contributed by atoms with Gasteiger partial charge in [0.1, 0.15) is 5.25 Å². The predicted molar refractivity (Wildman–Crippen MR) is 95.7 cm³/mol. The van der Waals surface area contributed by atoms with Gasteiger partial charge in [0.15, 0.2) is 16.7 Å². The molecule has 1 unspecified atom stereocenters. The number of aromatic hydroxyl groups is 1. The zero-order valence-corrected chi connectivity index (χ0v) is 15.5. The van der Waals surface area contributed by atoms with E-state index in [1.54, 1.807) is 6.07 Å². The number of methoxy groups -OCH3 is 2. The average Bonchev–Trinajstić information content (AvgIpc) is 2.89. The van der Waals surface area contributed by atoms with Gasteiger partial charge in [-0.15, -0.1) is 5.10 Å². The highest BCUT2D eigenvalue weighted by Gasteiger charge is 2.32. The van der Waals surface area contributed by atoms with E-state index in [1.807, 2.05) is 0 Å². The average molecular weight is 432 g/mol. The summed E-state index contributed by atoms with van der Waals surface area (Å²) in [5, 5.41) is 28.4. The van der Waals surface area contributed by atoms with Gasteiger partial charge in [-0.1, -0.05) is 11.8 Å². The van der Waals surface area contributed by atoms with Crippen LogP contribution in [0.15, 0.2) is 20.7 Å². The molecule has 0 spiro atoms. The number of aliphatic carboxylic acids is 1. The number of carboxylic acid groups (broad SMARTS) is 1. The highest BCUT2D eigenvalue weighted by atomic mass is 79.9. The van der Waals surface area contributed by atoms with Gasteiger partial charge in [0.25, 0.3) is 0 Å². The Kier molecular flexibility index (Phi) is 6.26. The molecule has 0 radical (unpaired) electrons. The number of amides is 1. The number of thioether (sulfide) groups is 1. The van der Waals surface area contributed by atoms with Crippen LogP contribution in [0.2, 0.25) is 0 Å². The minimum Gasteiger partial charge on any atom is -0.504 e. The smallest absolute Gasteiger partial charge is 0.305 e. The summed E-state index contributed by atoms with van der Waals surface area (Å²) in [7, 11) is 2.83. The van der Waals surface area contributed by atoms with E-state index in [-0.39, 0.29) is 23.1 Å². The van der Waals surface area contributed by atoms with Crippen molar-refractivity contribution in [2.45, 2.75) is 11.7 Å². The third-order valence-corrected chi connectivity index (χ3v) is 4.75. The van der Waals surface area contributed by atoms with Crippen molar-refractivity contribution in [1.82, 2.24) is 5.32 Å². The van der Waals surface area contributed by atoms with Crippen LogP contribution in [0.1, 0.15) is 12.0 Å². The van der Waals surface area contributed by atoms with E-state index in [0.29, 0.717) is 15.8 Å². The maximum Gasteiger partial charge on any atom is 0.305 e. The van der Waals surface area contributed by atoms with Gasteiger partial charge >= 0.3 is 5.97 Å². The molecular formula is C14H14BrN3O6S. The monoisotopic (exact) mass is 431 g/mol. The molecule has 1 heterocycles. The van der Waals surface area contributed by atoms with Crippen molar-refractivity contribution < 1.29 is 29.3 Å². The number of amidine groups is 1. The molecule has 1 saturated heterocycles. The third kappa shape index (κ3) is 4.42. The first-order valence-electron chi connectivity index (χ1n) is 6.81. The van der Waals surface area contributed by atoms with Crippen molar-refractivity contribution in [3.63, 3.8) is 0 Å². The number of hydrogen-bond acceptors (Lipinski definition) is 8. The first-order valence-corrected chi connectivity index (χ1v) is 8.48. The Morgan fingerprint density at radius 3 is 2.72 bits per heavy atom. The number of carbonyl (C=O) groups is 2. The van der Waals surface area contributed by atoms with Crippen molar-refractivity contribution in [3.05, 3.63) is 16.1 Å². The topological polar surface area (TPSA) is 130 Å². The van der Waals surface area contributed by atoms with Gasteiger partial charge in [-0.2, -0.15) is 5.10 Å². The Hall–Kier alpha value is -2.27. The maximum atomic E-state index is 11.6. The van der Waals surface area contributed by atoms with Crippen LogP contribution >= 0.6 is 27.7 Å². The summed E-state index contributed by atoms with van der Waals surface area (Å²) in [5.41, 5.74) is 0.310. The molecule has 3 N–H and O–H groups in total. The van der Waals surface area contributed by atoms with Crippen LogP contribution in [0, 0.1) is 0 Å². The van der Waals surface area contributed by atoms with Crippen LogP contribution < -0.4 is 14.8 Å². The minimum absolute atomic E-state index is 0.135. The van der Waals surface area contributed by atoms with Crippen LogP contribution in [-0.4, -0.2) is 52.9 Å². The molecule has 25 heavy (non-hydrogen) atoms. The van der Waals surface area contributed by atoms with Crippen molar-refractivity contribution in [3.8, 4) is 17.2 Å². The highest BCUT2D eigenvalue weighted by Crippen LogP contribution is 2.43. The summed E-state index contributed by atoms with van der Waals surface area (Å²) in [5.74, 6) is -1.22. The van der Waals surface area contributed by atoms with E-state index in [4.69, 9.17) is 14.6 Å². The van der Waals surface area contributed by atoms with Gasteiger partial charge in [0.2, 0.25) is 11.7 Å². The fraction of sp³-hybridized carbons (Fsp3) is 0.286. The molecule has 1 aliphatic heterocycles. The first kappa shape index (κ1) is 19.1. The minimum atomic E-state index is -1.07. The van der Waals surface area contributed by atoms with Crippen molar-refractivity contribution in [2.75, 3.05) is 14.2 Å². The lowest BCUT2D eigenvalue weighted by Crippen LogP contribution is -2.26. The molecule has 1 aromatic carbocycles. The van der Waals surface area contributed by atoms with E-state index < -0.39 is 17.1 Å². The van der Waals surface area contributed by atoms with E-state index in [9.17, 15) is 14.7 Å². The summed E-state index contributed by atoms with van der Waals surface area (Å²) >= 11 is 4.28. The van der Waals surface area contributed by atoms with Crippen LogP contribution in [0.3, 0.4) is 0 Å². The summed E-state index contributed by atoms with van der Waals surface area (Å²) in [6.45, 7) is 0. The molecular weight excluding hydrogens is 418 g/mol. The molecule has 1 aromatic rings. The second kappa shape index (κ2) is 8.21. The molecule has 1 amide bonds. The number of carboxylic acids is 1. The standard InChI is InChI=1S/C14H14BrN3O6S/c1-23-11-7(15)3-6(10(21)12(11)24-2)5-16-18-14-17-13(22)8(25-14)4-9(19)20/h3,5,8,21H,4H2,1-2H3,(H,19,20)(H,17,18,22). The van der Waals surface area contributed by atoms with Crippen LogP contribution in [0.25, 0.3) is 0 Å². The van der Waals surface area contributed by atoms with Crippen LogP contribution in [-0.2, 0) is 9.59 Å². The van der Waals surface area contributed by atoms with E-state index in [2.05, 4.69) is 31.4 Å². The molecule has 1 fully saturated rings. The van der Waals surface area contributed by atoms with Gasteiger partial charge < -0.3 is 25.0 Å². The fourth-order valence-corrected chi connectivity index (χ4v) is 3.49. The largest absolute Gasteiger partial charge is 0.504 e. The second-order valence-electron chi connectivity index (χ2n) is 4.71. The van der Waals surface area contributed by atoms with Gasteiger partial charge in [-0.3, -0.25) is 9.59 Å². The maximum absolute atomic E-state index is 11.6. The number of rotatable bonds is 6. The van der Waals surface area contributed by atoms with Crippen LogP contribution in [0.5, 0.6) is 17.2 Å². The molecule has 0 aliphatic carbocycles. The molecule has 1 atom stereocenters. The predicted octanol–water partition coefficient (Wildman–Crippen LogP) is 1.57. The number of halogens is 1. The molecule has 0 aromatic heterocycles. The molecule has 1 aliphatic rings. The lowest BCUT2D eigenvalue weighted by atomic mass is 10.2. The van der Waals surface area contributed by atoms with Gasteiger partial charge in [0.05, 0.1) is 31.3 Å². The number of hydrogen-bond donors (Lipinski definition) is 3. The lowest BCUT2D eigenvalue weighted by molar-refractivity contribution is -0.138. The lowest BCUT2D eigenvalue weighted by Gasteiger charge is -2.12. The molecule has 0 saturated carbocycles. The van der Waals surface area contributed by atoms with Gasteiger partial charge in [-0.25, -0.2) is 0 Å². The fourth-order valence-electron chi connectivity index (χ4n) is 1.98. The Bertz CT molecular complexity index is 767. The summed E-state index contributed by atoms with van der Waals surface area (Å²) < 4.78 is 10.8. The number of benzene rings is 1. The number of carbonyl (C=O) groups excluding carboxylic acids is 1. The first-order chi connectivity index (χ1) is 11.9. The van der Waals surface area contributed by atoms with E-state index in [1.165, 1.54) is 20.4 Å². The molecule has 9 nitrogen and oxygen atoms in total. The van der Waals surface area contributed by atoms with Crippen molar-refractivity contribution in [2.24, 2.45) is 10.2 Å². The van der Waals surface area contributed by atoms with Crippen molar-refractivity contribution >= 4 is 51.0 Å². The van der Waals surface area contributed by atoms with Crippen LogP contribution in [0.4, 0.5) is 0 Å². The highest BCUT2D eigenvalue weighted by molar-refractivity contribution is 9.10. The summed E-state index contributed by atoms with van der Waals surface area (Å²) in [6.07, 6.45) is 0.967. The Morgan fingerprint density at radius 1 is 1.44 bits per heavy atom. The molecule has 0 bridgehead atoms. The SMILES string of the molecule is COc1c(Br)cc(C=NN=C2NC(=O)C(CC(=O)O)S2)c(O)c1OC. The molecule has 134 valence electrons. The normalized spacial score (nSPS) is 18.6. The Balaban J connectivity index is 2.19. The number of nitrogens with one attached hydrogen (secondary N) is 1. The number of nitrogens with zero attached hydrogens (tertiary/aromatic N) is 2. The quantitative estimate of drug-likeness (QED) is 0.460. The molecule has 11 heteroatoms. The van der Waals surface area contributed by atoms with Gasteiger partial charge in [-0.05, 0) is 22.0 Å². The Morgan fingerprint density at radius 2 is 2.12 bits per heavy atom. The second-order valence-corrected chi connectivity index (χ2v) is 6.75. The zero-order valence-electron chi connectivity index (χ0n) is 13.1. The van der Waals surface area contributed by atoms with E-state index in [0.717, 1.165) is 11.8 Å². The summed E-state index contributed by atoms with van der Waals surface area (Å²) in [6, 6.07) is 1.56. The number of ether oxygens (including phenoxy) is 2. The summed E-state index contributed by atoms with van der Waals surface area (Å²) in [4.78, 5) is 22.3. The third-order valence-electron chi connectivity index (χ3n) is 3.08. The Labute approximate surface area is 155 Å². The van der Waals surface area contributed by atoms with E-state index >= 15 is 0 Å². The van der Waals surface area contributed by atoms with Gasteiger partial charge in [0, 0.05) is 5.56 Å².